The summed E-state index contributed by atoms with van der Waals surface area (Å²) in [6.07, 6.45) is 5.33. The fraction of sp³-hybridized carbons (Fsp3) is 0.200. The van der Waals surface area contributed by atoms with Gasteiger partial charge in [-0.3, -0.25) is 0 Å². The van der Waals surface area contributed by atoms with E-state index in [0.717, 1.165) is 29.2 Å². The first kappa shape index (κ1) is 18.8. The van der Waals surface area contributed by atoms with Gasteiger partial charge < -0.3 is 9.47 Å². The maximum atomic E-state index is 5.91. The van der Waals surface area contributed by atoms with E-state index in [-0.39, 0.29) is 5.41 Å². The molecule has 0 radical (unpaired) electrons. The molecule has 0 amide bonds. The van der Waals surface area contributed by atoms with Crippen LogP contribution in [0.4, 0.5) is 0 Å². The van der Waals surface area contributed by atoms with Crippen LogP contribution in [0.15, 0.2) is 84.9 Å². The molecule has 3 aromatic rings. The Balaban J connectivity index is 1.65. The summed E-state index contributed by atoms with van der Waals surface area (Å²) in [4.78, 5) is 0. The average Bonchev–Trinajstić information content (AvgIpc) is 2.69. The third-order valence-electron chi connectivity index (χ3n) is 4.65. The summed E-state index contributed by atoms with van der Waals surface area (Å²) in [5.41, 5.74) is 2.49. The van der Waals surface area contributed by atoms with E-state index < -0.39 is 0 Å². The summed E-state index contributed by atoms with van der Waals surface area (Å²) in [6, 6.07) is 26.3. The molecule has 0 fully saturated rings. The normalized spacial score (nSPS) is 11.5. The number of hydrogen-bond acceptors (Lipinski definition) is 2. The van der Waals surface area contributed by atoms with Gasteiger partial charge >= 0.3 is 0 Å². The first-order valence-corrected chi connectivity index (χ1v) is 9.21. The van der Waals surface area contributed by atoms with Crippen LogP contribution in [-0.2, 0) is 5.41 Å². The van der Waals surface area contributed by atoms with Crippen molar-refractivity contribution < 1.29 is 9.47 Å². The summed E-state index contributed by atoms with van der Waals surface area (Å²) in [5.74, 6) is 2.58. The van der Waals surface area contributed by atoms with Crippen molar-refractivity contribution in [3.63, 3.8) is 0 Å². The molecule has 0 aliphatic heterocycles. The van der Waals surface area contributed by atoms with E-state index in [9.17, 15) is 0 Å². The predicted octanol–water partition coefficient (Wildman–Crippen LogP) is 6.87. The Morgan fingerprint density at radius 2 is 1.48 bits per heavy atom. The molecular weight excluding hydrogens is 332 g/mol. The molecular formula is C25H26O2. The molecule has 0 aromatic heterocycles. The highest BCUT2D eigenvalue weighted by Gasteiger charge is 2.18. The third-order valence-corrected chi connectivity index (χ3v) is 4.65. The summed E-state index contributed by atoms with van der Waals surface area (Å²) in [6.45, 7) is 4.52. The van der Waals surface area contributed by atoms with Gasteiger partial charge in [0.25, 0.3) is 0 Å². The number of allylic oxidation sites excluding steroid dienone is 1. The highest BCUT2D eigenvalue weighted by Crippen LogP contribution is 2.29. The molecule has 138 valence electrons. The Labute approximate surface area is 162 Å². The molecule has 2 heteroatoms. The third kappa shape index (κ3) is 5.24. The zero-order valence-corrected chi connectivity index (χ0v) is 16.2. The van der Waals surface area contributed by atoms with Crippen molar-refractivity contribution >= 4 is 6.08 Å². The molecule has 0 unspecified atom stereocenters. The van der Waals surface area contributed by atoms with Gasteiger partial charge in [0, 0.05) is 0 Å². The maximum absolute atomic E-state index is 5.91. The molecule has 0 heterocycles. The molecule has 0 aliphatic carbocycles. The van der Waals surface area contributed by atoms with Crippen LogP contribution < -0.4 is 9.47 Å². The SMILES string of the molecule is COc1ccc(C(C)(C)C/C=C/c2cccc(Oc3ccccc3)c2)cc1. The molecule has 0 N–H and O–H groups in total. The first-order chi connectivity index (χ1) is 13.1. The predicted molar refractivity (Wildman–Crippen MR) is 113 cm³/mol. The van der Waals surface area contributed by atoms with Crippen LogP contribution in [0.3, 0.4) is 0 Å². The lowest BCUT2D eigenvalue weighted by Gasteiger charge is -2.23. The topological polar surface area (TPSA) is 18.5 Å². The van der Waals surface area contributed by atoms with E-state index in [0.29, 0.717) is 0 Å². The van der Waals surface area contributed by atoms with Gasteiger partial charge in [-0.2, -0.15) is 0 Å². The van der Waals surface area contributed by atoms with Crippen molar-refractivity contribution in [1.82, 2.24) is 0 Å². The number of methoxy groups -OCH3 is 1. The van der Waals surface area contributed by atoms with Crippen molar-refractivity contribution in [2.45, 2.75) is 25.7 Å². The smallest absolute Gasteiger partial charge is 0.128 e. The Hall–Kier alpha value is -3.00. The molecule has 3 aromatic carbocycles. The number of benzene rings is 3. The summed E-state index contributed by atoms with van der Waals surface area (Å²) >= 11 is 0. The van der Waals surface area contributed by atoms with Crippen LogP contribution in [0.5, 0.6) is 17.2 Å². The number of ether oxygens (including phenoxy) is 2. The Morgan fingerprint density at radius 1 is 0.778 bits per heavy atom. The molecule has 2 nitrogen and oxygen atoms in total. The van der Waals surface area contributed by atoms with Gasteiger partial charge in [0.15, 0.2) is 0 Å². The summed E-state index contributed by atoms with van der Waals surface area (Å²) in [7, 11) is 1.69. The van der Waals surface area contributed by atoms with Gasteiger partial charge in [-0.05, 0) is 59.4 Å². The zero-order valence-electron chi connectivity index (χ0n) is 16.2. The lowest BCUT2D eigenvalue weighted by Crippen LogP contribution is -2.15. The summed E-state index contributed by atoms with van der Waals surface area (Å²) in [5, 5.41) is 0. The van der Waals surface area contributed by atoms with Crippen LogP contribution in [0, 0.1) is 0 Å². The standard InChI is InChI=1S/C25H26O2/c1-25(2,21-14-16-22(26-3)17-15-21)18-8-10-20-9-7-13-24(19-20)27-23-11-5-4-6-12-23/h4-17,19H,18H2,1-3H3/b10-8+. The largest absolute Gasteiger partial charge is 0.497 e. The monoisotopic (exact) mass is 358 g/mol. The van der Waals surface area contributed by atoms with Crippen LogP contribution in [-0.4, -0.2) is 7.11 Å². The Morgan fingerprint density at radius 3 is 2.19 bits per heavy atom. The number of para-hydroxylation sites is 1. The van der Waals surface area contributed by atoms with Crippen molar-refractivity contribution in [3.8, 4) is 17.2 Å². The minimum atomic E-state index is 0.0565. The van der Waals surface area contributed by atoms with Crippen LogP contribution in [0.1, 0.15) is 31.4 Å². The molecule has 0 aliphatic rings. The van der Waals surface area contributed by atoms with Crippen molar-refractivity contribution in [2.75, 3.05) is 7.11 Å². The number of hydrogen-bond donors (Lipinski definition) is 0. The zero-order chi connectivity index (χ0) is 19.1. The van der Waals surface area contributed by atoms with Gasteiger partial charge in [-0.25, -0.2) is 0 Å². The quantitative estimate of drug-likeness (QED) is 0.459. The molecule has 0 saturated carbocycles. The second-order valence-corrected chi connectivity index (χ2v) is 7.21. The number of rotatable bonds is 7. The molecule has 0 spiro atoms. The molecule has 27 heavy (non-hydrogen) atoms. The minimum Gasteiger partial charge on any atom is -0.497 e. The van der Waals surface area contributed by atoms with E-state index in [1.54, 1.807) is 7.11 Å². The van der Waals surface area contributed by atoms with E-state index in [4.69, 9.17) is 9.47 Å². The van der Waals surface area contributed by atoms with Gasteiger partial charge in [0.05, 0.1) is 7.11 Å². The van der Waals surface area contributed by atoms with Crippen LogP contribution in [0.25, 0.3) is 6.08 Å². The van der Waals surface area contributed by atoms with E-state index in [1.165, 1.54) is 5.56 Å². The fourth-order valence-electron chi connectivity index (χ4n) is 2.96. The molecule has 0 bridgehead atoms. The second kappa shape index (κ2) is 8.59. The lowest BCUT2D eigenvalue weighted by molar-refractivity contribution is 0.414. The van der Waals surface area contributed by atoms with E-state index >= 15 is 0 Å². The van der Waals surface area contributed by atoms with Gasteiger partial charge in [0.2, 0.25) is 0 Å². The molecule has 0 atom stereocenters. The Bertz CT molecular complexity index is 878. The van der Waals surface area contributed by atoms with Crippen LogP contribution >= 0.6 is 0 Å². The van der Waals surface area contributed by atoms with Crippen molar-refractivity contribution in [3.05, 3.63) is 96.1 Å². The molecule has 0 saturated heterocycles. The fourth-order valence-corrected chi connectivity index (χ4v) is 2.96. The Kier molecular flexibility index (Phi) is 5.97. The van der Waals surface area contributed by atoms with Crippen molar-refractivity contribution in [1.29, 1.82) is 0 Å². The van der Waals surface area contributed by atoms with Gasteiger partial charge in [-0.15, -0.1) is 0 Å². The summed E-state index contributed by atoms with van der Waals surface area (Å²) < 4.78 is 11.2. The van der Waals surface area contributed by atoms with Gasteiger partial charge in [-0.1, -0.05) is 68.5 Å². The first-order valence-electron chi connectivity index (χ1n) is 9.21. The van der Waals surface area contributed by atoms with Crippen molar-refractivity contribution in [2.24, 2.45) is 0 Å². The highest BCUT2D eigenvalue weighted by molar-refractivity contribution is 5.52. The van der Waals surface area contributed by atoms with E-state index in [1.807, 2.05) is 54.6 Å². The average molecular weight is 358 g/mol. The maximum Gasteiger partial charge on any atom is 0.128 e. The molecule has 3 rings (SSSR count). The lowest BCUT2D eigenvalue weighted by atomic mass is 9.81. The highest BCUT2D eigenvalue weighted by atomic mass is 16.5. The van der Waals surface area contributed by atoms with E-state index in [2.05, 4.69) is 50.3 Å². The van der Waals surface area contributed by atoms with Gasteiger partial charge in [0.1, 0.15) is 17.2 Å². The van der Waals surface area contributed by atoms with Crippen LogP contribution in [0.2, 0.25) is 0 Å². The second-order valence-electron chi connectivity index (χ2n) is 7.21. The minimum absolute atomic E-state index is 0.0565.